The van der Waals surface area contributed by atoms with E-state index in [0.717, 1.165) is 0 Å². The van der Waals surface area contributed by atoms with Gasteiger partial charge in [-0.05, 0) is 48.3 Å². The lowest BCUT2D eigenvalue weighted by Gasteiger charge is -2.40. The second-order valence-corrected chi connectivity index (χ2v) is 10.8. The van der Waals surface area contributed by atoms with Gasteiger partial charge in [-0.2, -0.15) is 0 Å². The normalized spacial score (nSPS) is 15.5. The molecule has 0 aliphatic heterocycles. The van der Waals surface area contributed by atoms with Crippen LogP contribution in [0, 0.1) is 17.8 Å². The molecule has 0 aliphatic carbocycles. The molecule has 5 N–H and O–H groups in total. The van der Waals surface area contributed by atoms with Crippen LogP contribution >= 0.6 is 0 Å². The van der Waals surface area contributed by atoms with Gasteiger partial charge in [0.05, 0.1) is 25.2 Å². The van der Waals surface area contributed by atoms with Crippen LogP contribution in [0.2, 0.25) is 0 Å². The largest absolute Gasteiger partial charge is 0.493 e. The highest BCUT2D eigenvalue weighted by Gasteiger charge is 2.46. The summed E-state index contributed by atoms with van der Waals surface area (Å²) in [6, 6.07) is 4.95. The van der Waals surface area contributed by atoms with Crippen LogP contribution < -0.4 is 25.8 Å². The molecular formula is C29H51N3O6. The minimum absolute atomic E-state index is 0.123. The van der Waals surface area contributed by atoms with Gasteiger partial charge in [0.15, 0.2) is 11.5 Å². The topological polar surface area (TPSA) is 132 Å². The molecule has 0 bridgehead atoms. The Kier molecular flexibility index (Phi) is 14.7. The fraction of sp³-hybridized carbons (Fsp3) is 0.724. The van der Waals surface area contributed by atoms with Gasteiger partial charge in [0.25, 0.3) is 0 Å². The average Bonchev–Trinajstić information content (AvgIpc) is 2.88. The van der Waals surface area contributed by atoms with Crippen molar-refractivity contribution in [3.8, 4) is 11.5 Å². The summed E-state index contributed by atoms with van der Waals surface area (Å²) in [7, 11) is 4.76. The lowest BCUT2D eigenvalue weighted by atomic mass is 9.66. The number of aliphatic hydroxyl groups is 1. The molecule has 9 heteroatoms. The molecule has 1 aromatic carbocycles. The van der Waals surface area contributed by atoms with Gasteiger partial charge in [-0.15, -0.1) is 0 Å². The molecule has 1 rings (SSSR count). The van der Waals surface area contributed by atoms with E-state index in [1.807, 2.05) is 26.0 Å². The summed E-state index contributed by atoms with van der Waals surface area (Å²) in [5, 5.41) is 16.8. The van der Waals surface area contributed by atoms with Crippen molar-refractivity contribution in [1.82, 2.24) is 10.6 Å². The van der Waals surface area contributed by atoms with Gasteiger partial charge in [0.1, 0.15) is 0 Å². The molecule has 38 heavy (non-hydrogen) atoms. The number of amides is 2. The second-order valence-electron chi connectivity index (χ2n) is 10.8. The van der Waals surface area contributed by atoms with E-state index in [0.29, 0.717) is 55.0 Å². The maximum Gasteiger partial charge on any atom is 0.231 e. The zero-order valence-electron chi connectivity index (χ0n) is 24.6. The molecule has 0 fully saturated rings. The van der Waals surface area contributed by atoms with Gasteiger partial charge in [-0.1, -0.05) is 40.7 Å². The summed E-state index contributed by atoms with van der Waals surface area (Å²) in [6.45, 7) is 11.4. The number of nitrogens with one attached hydrogen (secondary N) is 2. The Morgan fingerprint density at radius 2 is 1.76 bits per heavy atom. The number of carbonyl (C=O) groups is 2. The van der Waals surface area contributed by atoms with Crippen molar-refractivity contribution in [3.05, 3.63) is 23.8 Å². The number of rotatable bonds is 18. The van der Waals surface area contributed by atoms with E-state index in [1.165, 1.54) is 0 Å². The summed E-state index contributed by atoms with van der Waals surface area (Å²) in [4.78, 5) is 25.7. The predicted octanol–water partition coefficient (Wildman–Crippen LogP) is 3.02. The summed E-state index contributed by atoms with van der Waals surface area (Å²) in [6.07, 6.45) is 0.692. The van der Waals surface area contributed by atoms with Gasteiger partial charge < -0.3 is 35.7 Å². The lowest BCUT2D eigenvalue weighted by molar-refractivity contribution is -0.130. The number of benzene rings is 1. The summed E-state index contributed by atoms with van der Waals surface area (Å²) < 4.78 is 16.6. The van der Waals surface area contributed by atoms with Crippen molar-refractivity contribution in [2.24, 2.45) is 23.5 Å². The van der Waals surface area contributed by atoms with Crippen LogP contribution in [0.5, 0.6) is 11.5 Å². The molecule has 2 amide bonds. The molecule has 0 aliphatic rings. The highest BCUT2D eigenvalue weighted by atomic mass is 16.5. The first kappa shape index (κ1) is 33.7. The molecule has 9 nitrogen and oxygen atoms in total. The van der Waals surface area contributed by atoms with Gasteiger partial charge in [-0.3, -0.25) is 9.59 Å². The maximum absolute atomic E-state index is 13.9. The Hall–Kier alpha value is -2.36. The molecule has 0 saturated carbocycles. The third-order valence-corrected chi connectivity index (χ3v) is 7.54. The SMILES string of the molecule is CNC(=O)CCNC(=O)[C@](C[C@H](O)[C@@H](N)C[C@H](C)C(C)C)(c1ccc(OC)c(OCCCOC)c1)C(C)C. The maximum atomic E-state index is 13.9. The fourth-order valence-electron chi connectivity index (χ4n) is 4.54. The molecule has 218 valence electrons. The number of methoxy groups -OCH3 is 2. The van der Waals surface area contributed by atoms with Gasteiger partial charge in [0.2, 0.25) is 11.8 Å². The number of hydrogen-bond donors (Lipinski definition) is 4. The molecule has 4 atom stereocenters. The number of hydrogen-bond acceptors (Lipinski definition) is 7. The molecular weight excluding hydrogens is 486 g/mol. The summed E-state index contributed by atoms with van der Waals surface area (Å²) >= 11 is 0. The van der Waals surface area contributed by atoms with E-state index in [2.05, 4.69) is 31.4 Å². The van der Waals surface area contributed by atoms with Crippen LogP contribution in [-0.2, 0) is 19.7 Å². The van der Waals surface area contributed by atoms with E-state index in [1.54, 1.807) is 27.3 Å². The quantitative estimate of drug-likeness (QED) is 0.212. The van der Waals surface area contributed by atoms with Crippen LogP contribution in [0.3, 0.4) is 0 Å². The Bertz CT molecular complexity index is 863. The number of carbonyl (C=O) groups excluding carboxylic acids is 2. The van der Waals surface area contributed by atoms with Crippen LogP contribution in [-0.4, -0.2) is 70.1 Å². The van der Waals surface area contributed by atoms with E-state index in [9.17, 15) is 14.7 Å². The van der Waals surface area contributed by atoms with Crippen molar-refractivity contribution >= 4 is 11.8 Å². The first-order valence-corrected chi connectivity index (χ1v) is 13.7. The van der Waals surface area contributed by atoms with E-state index in [4.69, 9.17) is 19.9 Å². The summed E-state index contributed by atoms with van der Waals surface area (Å²) in [5.41, 5.74) is 6.04. The minimum Gasteiger partial charge on any atom is -0.493 e. The minimum atomic E-state index is -1.13. The number of ether oxygens (including phenoxy) is 3. The van der Waals surface area contributed by atoms with Crippen molar-refractivity contribution in [2.75, 3.05) is 41.0 Å². The van der Waals surface area contributed by atoms with Gasteiger partial charge in [-0.25, -0.2) is 0 Å². The highest BCUT2D eigenvalue weighted by Crippen LogP contribution is 2.42. The highest BCUT2D eigenvalue weighted by molar-refractivity contribution is 5.89. The monoisotopic (exact) mass is 537 g/mol. The van der Waals surface area contributed by atoms with Crippen molar-refractivity contribution in [3.63, 3.8) is 0 Å². The van der Waals surface area contributed by atoms with Crippen LogP contribution in [0.1, 0.15) is 65.9 Å². The lowest BCUT2D eigenvalue weighted by Crippen LogP contribution is -2.53. The van der Waals surface area contributed by atoms with Crippen molar-refractivity contribution < 1.29 is 28.9 Å². The molecule has 0 aromatic heterocycles. The zero-order chi connectivity index (χ0) is 28.9. The first-order chi connectivity index (χ1) is 17.9. The van der Waals surface area contributed by atoms with Gasteiger partial charge >= 0.3 is 0 Å². The summed E-state index contributed by atoms with van der Waals surface area (Å²) in [5.74, 6) is 1.17. The Labute approximate surface area is 229 Å². The Balaban J connectivity index is 3.47. The smallest absolute Gasteiger partial charge is 0.231 e. The molecule has 0 radical (unpaired) electrons. The third-order valence-electron chi connectivity index (χ3n) is 7.54. The molecule has 0 spiro atoms. The fourth-order valence-corrected chi connectivity index (χ4v) is 4.54. The Morgan fingerprint density at radius 3 is 2.32 bits per heavy atom. The predicted molar refractivity (Wildman–Crippen MR) is 150 cm³/mol. The molecule has 0 unspecified atom stereocenters. The van der Waals surface area contributed by atoms with Crippen LogP contribution in [0.4, 0.5) is 0 Å². The van der Waals surface area contributed by atoms with Gasteiger partial charge in [0, 0.05) is 46.2 Å². The van der Waals surface area contributed by atoms with Crippen molar-refractivity contribution in [2.45, 2.75) is 77.9 Å². The number of aliphatic hydroxyl groups excluding tert-OH is 1. The number of nitrogens with two attached hydrogens (primary N) is 1. The molecule has 0 saturated heterocycles. The van der Waals surface area contributed by atoms with E-state index >= 15 is 0 Å². The van der Waals surface area contributed by atoms with Crippen molar-refractivity contribution in [1.29, 1.82) is 0 Å². The Morgan fingerprint density at radius 1 is 1.08 bits per heavy atom. The van der Waals surface area contributed by atoms with E-state index in [-0.39, 0.29) is 37.1 Å². The molecule has 0 heterocycles. The average molecular weight is 538 g/mol. The van der Waals surface area contributed by atoms with Crippen LogP contribution in [0.15, 0.2) is 18.2 Å². The second kappa shape index (κ2) is 16.6. The van der Waals surface area contributed by atoms with E-state index < -0.39 is 17.6 Å². The van der Waals surface area contributed by atoms with Crippen LogP contribution in [0.25, 0.3) is 0 Å². The zero-order valence-corrected chi connectivity index (χ0v) is 24.6. The standard InChI is InChI=1S/C29H51N3O6/c1-19(2)21(5)16-23(30)24(33)18-29(20(3)4,28(35)32-13-12-27(34)31-6)22-10-11-25(37-8)26(17-22)38-15-9-14-36-7/h10-11,17,19-21,23-24,33H,9,12-16,18,30H2,1-8H3,(H,31,34)(H,32,35)/t21-,23-,24-,29-/m0/s1. The molecule has 1 aromatic rings. The first-order valence-electron chi connectivity index (χ1n) is 13.7. The third kappa shape index (κ3) is 9.43.